The van der Waals surface area contributed by atoms with Gasteiger partial charge >= 0.3 is 0 Å². The number of hydrogen-bond acceptors (Lipinski definition) is 3. The number of amides is 1. The number of carbonyl (C=O) groups is 1. The molecule has 0 atom stereocenters. The predicted molar refractivity (Wildman–Crippen MR) is 76.1 cm³/mol. The van der Waals surface area contributed by atoms with E-state index in [-0.39, 0.29) is 24.9 Å². The van der Waals surface area contributed by atoms with Crippen LogP contribution >= 0.6 is 0 Å². The molecule has 4 nitrogen and oxygen atoms in total. The Morgan fingerprint density at radius 1 is 1.14 bits per heavy atom. The first-order valence-electron chi connectivity index (χ1n) is 6.52. The molecule has 2 aromatic rings. The highest BCUT2D eigenvalue weighted by Gasteiger charge is 2.06. The Balaban J connectivity index is 1.81. The van der Waals surface area contributed by atoms with Gasteiger partial charge < -0.3 is 15.2 Å². The summed E-state index contributed by atoms with van der Waals surface area (Å²) in [7, 11) is 0. The molecule has 2 N–H and O–H groups in total. The standard InChI is InChI=1S/C16H16FNO3/c17-14-6-1-2-7-15(14)21-11-16(20)18-9-12-4-3-5-13(8-12)10-19/h1-8,19H,9-11H2,(H,18,20). The normalized spacial score (nSPS) is 10.2. The summed E-state index contributed by atoms with van der Waals surface area (Å²) in [6, 6.07) is 13.2. The minimum Gasteiger partial charge on any atom is -0.481 e. The van der Waals surface area contributed by atoms with E-state index in [2.05, 4.69) is 5.32 Å². The largest absolute Gasteiger partial charge is 0.481 e. The second-order valence-electron chi connectivity index (χ2n) is 4.47. The lowest BCUT2D eigenvalue weighted by atomic mass is 10.1. The first kappa shape index (κ1) is 15.0. The van der Waals surface area contributed by atoms with Crippen LogP contribution in [0.15, 0.2) is 48.5 Å². The third kappa shape index (κ3) is 4.57. The van der Waals surface area contributed by atoms with Crippen LogP contribution in [0, 0.1) is 5.82 Å². The van der Waals surface area contributed by atoms with Crippen LogP contribution in [-0.4, -0.2) is 17.6 Å². The van der Waals surface area contributed by atoms with E-state index in [0.29, 0.717) is 6.54 Å². The molecule has 0 aliphatic carbocycles. The van der Waals surface area contributed by atoms with E-state index < -0.39 is 5.82 Å². The Morgan fingerprint density at radius 2 is 1.90 bits per heavy atom. The van der Waals surface area contributed by atoms with Gasteiger partial charge in [0.15, 0.2) is 18.2 Å². The van der Waals surface area contributed by atoms with Crippen molar-refractivity contribution in [3.63, 3.8) is 0 Å². The number of aliphatic hydroxyl groups excluding tert-OH is 1. The van der Waals surface area contributed by atoms with Gasteiger partial charge in [0, 0.05) is 6.54 Å². The third-order valence-corrected chi connectivity index (χ3v) is 2.86. The summed E-state index contributed by atoms with van der Waals surface area (Å²) < 4.78 is 18.4. The summed E-state index contributed by atoms with van der Waals surface area (Å²) in [6.07, 6.45) is 0. The number of ether oxygens (including phenoxy) is 1. The molecular weight excluding hydrogens is 273 g/mol. The fourth-order valence-corrected chi connectivity index (χ4v) is 1.79. The maximum absolute atomic E-state index is 13.3. The molecule has 110 valence electrons. The molecule has 0 aliphatic heterocycles. The highest BCUT2D eigenvalue weighted by molar-refractivity contribution is 5.77. The maximum Gasteiger partial charge on any atom is 0.258 e. The van der Waals surface area contributed by atoms with Crippen LogP contribution in [0.3, 0.4) is 0 Å². The number of carbonyl (C=O) groups excluding carboxylic acids is 1. The number of benzene rings is 2. The van der Waals surface area contributed by atoms with Crippen LogP contribution in [0.2, 0.25) is 0 Å². The summed E-state index contributed by atoms with van der Waals surface area (Å²) in [4.78, 5) is 11.6. The molecule has 0 heterocycles. The van der Waals surface area contributed by atoms with Crippen LogP contribution in [-0.2, 0) is 17.9 Å². The van der Waals surface area contributed by atoms with E-state index >= 15 is 0 Å². The van der Waals surface area contributed by atoms with E-state index in [9.17, 15) is 9.18 Å². The monoisotopic (exact) mass is 289 g/mol. The minimum atomic E-state index is -0.499. The van der Waals surface area contributed by atoms with Gasteiger partial charge in [-0.1, -0.05) is 36.4 Å². The number of halogens is 1. The van der Waals surface area contributed by atoms with Crippen molar-refractivity contribution in [3.05, 3.63) is 65.5 Å². The molecule has 0 saturated carbocycles. The number of hydrogen-bond donors (Lipinski definition) is 2. The molecule has 21 heavy (non-hydrogen) atoms. The van der Waals surface area contributed by atoms with Crippen LogP contribution in [0.1, 0.15) is 11.1 Å². The lowest BCUT2D eigenvalue weighted by molar-refractivity contribution is -0.123. The average molecular weight is 289 g/mol. The molecule has 2 rings (SSSR count). The number of rotatable bonds is 6. The van der Waals surface area contributed by atoms with Gasteiger partial charge in [-0.15, -0.1) is 0 Å². The summed E-state index contributed by atoms with van der Waals surface area (Å²) in [5.41, 5.74) is 1.66. The second kappa shape index (κ2) is 7.40. The Bertz CT molecular complexity index is 616. The van der Waals surface area contributed by atoms with E-state index in [4.69, 9.17) is 9.84 Å². The van der Waals surface area contributed by atoms with Crippen molar-refractivity contribution in [3.8, 4) is 5.75 Å². The van der Waals surface area contributed by atoms with E-state index in [1.54, 1.807) is 24.3 Å². The molecule has 1 amide bonds. The quantitative estimate of drug-likeness (QED) is 0.855. The topological polar surface area (TPSA) is 58.6 Å². The van der Waals surface area contributed by atoms with Gasteiger partial charge in [-0.25, -0.2) is 4.39 Å². The lowest BCUT2D eigenvalue weighted by Crippen LogP contribution is -2.28. The fraction of sp³-hybridized carbons (Fsp3) is 0.188. The van der Waals surface area contributed by atoms with Crippen LogP contribution in [0.5, 0.6) is 5.75 Å². The average Bonchev–Trinajstić information content (AvgIpc) is 2.52. The molecule has 0 aliphatic rings. The molecule has 0 radical (unpaired) electrons. The molecule has 0 unspecified atom stereocenters. The highest BCUT2D eigenvalue weighted by Crippen LogP contribution is 2.14. The Morgan fingerprint density at radius 3 is 2.67 bits per heavy atom. The zero-order chi connectivity index (χ0) is 15.1. The number of aliphatic hydroxyl groups is 1. The zero-order valence-corrected chi connectivity index (χ0v) is 11.4. The molecule has 0 fully saturated rings. The zero-order valence-electron chi connectivity index (χ0n) is 11.4. The minimum absolute atomic E-state index is 0.0435. The SMILES string of the molecule is O=C(COc1ccccc1F)NCc1cccc(CO)c1. The van der Waals surface area contributed by atoms with Crippen molar-refractivity contribution in [2.24, 2.45) is 0 Å². The highest BCUT2D eigenvalue weighted by atomic mass is 19.1. The van der Waals surface area contributed by atoms with Gasteiger partial charge in [-0.2, -0.15) is 0 Å². The van der Waals surface area contributed by atoms with Gasteiger partial charge in [0.25, 0.3) is 5.91 Å². The lowest BCUT2D eigenvalue weighted by Gasteiger charge is -2.08. The van der Waals surface area contributed by atoms with E-state index in [1.165, 1.54) is 12.1 Å². The first-order valence-corrected chi connectivity index (χ1v) is 6.52. The summed E-state index contributed by atoms with van der Waals surface area (Å²) in [6.45, 7) is 0.0338. The first-order chi connectivity index (χ1) is 10.2. The van der Waals surface area contributed by atoms with Crippen molar-refractivity contribution < 1.29 is 19.0 Å². The molecule has 0 aromatic heterocycles. The van der Waals surface area contributed by atoms with Crippen molar-refractivity contribution >= 4 is 5.91 Å². The van der Waals surface area contributed by atoms with E-state index in [0.717, 1.165) is 11.1 Å². The van der Waals surface area contributed by atoms with Crippen LogP contribution < -0.4 is 10.1 Å². The van der Waals surface area contributed by atoms with Gasteiger partial charge in [0.1, 0.15) is 0 Å². The van der Waals surface area contributed by atoms with Gasteiger partial charge in [0.05, 0.1) is 6.61 Å². The molecule has 0 bridgehead atoms. The second-order valence-corrected chi connectivity index (χ2v) is 4.47. The van der Waals surface area contributed by atoms with Crippen molar-refractivity contribution in [2.75, 3.05) is 6.61 Å². The van der Waals surface area contributed by atoms with Crippen LogP contribution in [0.25, 0.3) is 0 Å². The molecule has 5 heteroatoms. The van der Waals surface area contributed by atoms with Crippen molar-refractivity contribution in [1.82, 2.24) is 5.32 Å². The molecule has 0 spiro atoms. The maximum atomic E-state index is 13.3. The molecule has 0 saturated heterocycles. The Hall–Kier alpha value is -2.40. The van der Waals surface area contributed by atoms with Gasteiger partial charge in [-0.05, 0) is 23.3 Å². The Labute approximate surface area is 122 Å². The Kier molecular flexibility index (Phi) is 5.29. The number of nitrogens with one attached hydrogen (secondary N) is 1. The van der Waals surface area contributed by atoms with Crippen molar-refractivity contribution in [1.29, 1.82) is 0 Å². The molecular formula is C16H16FNO3. The molecule has 2 aromatic carbocycles. The van der Waals surface area contributed by atoms with Crippen molar-refractivity contribution in [2.45, 2.75) is 13.2 Å². The van der Waals surface area contributed by atoms with Crippen LogP contribution in [0.4, 0.5) is 4.39 Å². The van der Waals surface area contributed by atoms with Gasteiger partial charge in [-0.3, -0.25) is 4.79 Å². The third-order valence-electron chi connectivity index (χ3n) is 2.86. The van der Waals surface area contributed by atoms with E-state index in [1.807, 2.05) is 12.1 Å². The summed E-state index contributed by atoms with van der Waals surface area (Å²) in [5.74, 6) is -0.788. The number of para-hydroxylation sites is 1. The fourth-order valence-electron chi connectivity index (χ4n) is 1.79. The summed E-state index contributed by atoms with van der Waals surface area (Å²) >= 11 is 0. The summed E-state index contributed by atoms with van der Waals surface area (Å²) in [5, 5.41) is 11.7. The van der Waals surface area contributed by atoms with Gasteiger partial charge in [0.2, 0.25) is 0 Å². The smallest absolute Gasteiger partial charge is 0.258 e. The predicted octanol–water partition coefficient (Wildman–Crippen LogP) is 2.01.